The Bertz CT molecular complexity index is 363. The molecule has 0 amide bonds. The first-order valence-electron chi connectivity index (χ1n) is 3.24. The third-order valence-electron chi connectivity index (χ3n) is 1.42. The lowest BCUT2D eigenvalue weighted by atomic mass is 10.2. The minimum absolute atomic E-state index is 0.124. The molecule has 11 heavy (non-hydrogen) atoms. The molecule has 0 saturated heterocycles. The van der Waals surface area contributed by atoms with E-state index in [1.165, 1.54) is 6.07 Å². The molecule has 0 aromatic carbocycles. The molecule has 0 aliphatic rings. The Kier molecular flexibility index (Phi) is 1.80. The van der Waals surface area contributed by atoms with Crippen LogP contribution in [0, 0.1) is 5.41 Å². The molecule has 5 heteroatoms. The zero-order valence-corrected chi connectivity index (χ0v) is 6.09. The second-order valence-electron chi connectivity index (χ2n) is 2.16. The van der Waals surface area contributed by atoms with Crippen molar-refractivity contribution in [1.29, 1.82) is 5.41 Å². The second-order valence-corrected chi connectivity index (χ2v) is 2.16. The summed E-state index contributed by atoms with van der Waals surface area (Å²) in [6, 6.07) is 1.33. The molecule has 0 aliphatic carbocycles. The summed E-state index contributed by atoms with van der Waals surface area (Å²) in [5, 5.41) is 18.0. The van der Waals surface area contributed by atoms with E-state index in [9.17, 15) is 4.79 Å². The highest BCUT2D eigenvalue weighted by Gasteiger charge is 1.97. The van der Waals surface area contributed by atoms with Gasteiger partial charge in [0, 0.05) is 5.56 Å². The Morgan fingerprint density at radius 3 is 3.00 bits per heavy atom. The number of aromatic amines is 1. The zero-order valence-electron chi connectivity index (χ0n) is 6.09. The maximum Gasteiger partial charge on any atom is 0.268 e. The number of H-pyrrole nitrogens is 1. The van der Waals surface area contributed by atoms with Gasteiger partial charge < -0.3 is 5.21 Å². The van der Waals surface area contributed by atoms with Crippen LogP contribution < -0.4 is 11.0 Å². The smallest absolute Gasteiger partial charge is 0.268 e. The average Bonchev–Trinajstić information content (AvgIpc) is 1.97. The lowest BCUT2D eigenvalue weighted by Gasteiger charge is -1.97. The lowest BCUT2D eigenvalue weighted by molar-refractivity contribution is 0.127. The summed E-state index contributed by atoms with van der Waals surface area (Å²) in [7, 11) is 0. The molecule has 0 fully saturated rings. The van der Waals surface area contributed by atoms with Crippen LogP contribution in [0.25, 0.3) is 0 Å². The Morgan fingerprint density at radius 2 is 2.45 bits per heavy atom. The number of hydrogen-bond donors (Lipinski definition) is 3. The van der Waals surface area contributed by atoms with E-state index in [1.54, 1.807) is 0 Å². The number of rotatable bonds is 1. The molecule has 3 N–H and O–H groups in total. The van der Waals surface area contributed by atoms with E-state index in [0.29, 0.717) is 16.8 Å². The SMILES string of the molecule is CCc1cc(=N)n(O)[nH]c1=O. The molecule has 1 aromatic rings. The van der Waals surface area contributed by atoms with E-state index in [-0.39, 0.29) is 11.0 Å². The van der Waals surface area contributed by atoms with Crippen LogP contribution in [0.2, 0.25) is 0 Å². The Balaban J connectivity index is 3.45. The second kappa shape index (κ2) is 2.61. The first-order chi connectivity index (χ1) is 5.15. The van der Waals surface area contributed by atoms with Gasteiger partial charge in [-0.05, 0) is 12.5 Å². The lowest BCUT2D eigenvalue weighted by Crippen LogP contribution is -2.29. The quantitative estimate of drug-likeness (QED) is 0.476. The molecule has 0 saturated carbocycles. The maximum atomic E-state index is 10.9. The molecule has 0 bridgehead atoms. The van der Waals surface area contributed by atoms with Gasteiger partial charge in [0.2, 0.25) is 0 Å². The molecule has 0 unspecified atom stereocenters. The molecule has 60 valence electrons. The van der Waals surface area contributed by atoms with Gasteiger partial charge in [-0.25, -0.2) is 5.10 Å². The number of nitrogens with zero attached hydrogens (tertiary/aromatic N) is 1. The van der Waals surface area contributed by atoms with Crippen molar-refractivity contribution in [3.8, 4) is 0 Å². The Morgan fingerprint density at radius 1 is 1.82 bits per heavy atom. The predicted molar refractivity (Wildman–Crippen MR) is 37.5 cm³/mol. The molecule has 0 atom stereocenters. The number of aryl methyl sites for hydroxylation is 1. The van der Waals surface area contributed by atoms with Crippen LogP contribution in [0.4, 0.5) is 0 Å². The van der Waals surface area contributed by atoms with Gasteiger partial charge >= 0.3 is 0 Å². The van der Waals surface area contributed by atoms with Crippen LogP contribution >= 0.6 is 0 Å². The third-order valence-corrected chi connectivity index (χ3v) is 1.42. The van der Waals surface area contributed by atoms with E-state index in [0.717, 1.165) is 0 Å². The number of hydrogen-bond acceptors (Lipinski definition) is 3. The van der Waals surface area contributed by atoms with Crippen LogP contribution in [-0.2, 0) is 6.42 Å². The van der Waals surface area contributed by atoms with Gasteiger partial charge in [0.15, 0.2) is 5.49 Å². The van der Waals surface area contributed by atoms with Crippen molar-refractivity contribution >= 4 is 0 Å². The van der Waals surface area contributed by atoms with E-state index >= 15 is 0 Å². The van der Waals surface area contributed by atoms with Gasteiger partial charge in [-0.1, -0.05) is 6.92 Å². The highest BCUT2D eigenvalue weighted by molar-refractivity contribution is 5.04. The first-order valence-corrected chi connectivity index (χ1v) is 3.24. The van der Waals surface area contributed by atoms with Crippen molar-refractivity contribution in [2.75, 3.05) is 0 Å². The van der Waals surface area contributed by atoms with Gasteiger partial charge in [0.25, 0.3) is 5.56 Å². The molecular formula is C6H9N3O2. The van der Waals surface area contributed by atoms with E-state index in [1.807, 2.05) is 6.92 Å². The molecule has 1 rings (SSSR count). The topological polar surface area (TPSA) is 81.9 Å². The van der Waals surface area contributed by atoms with E-state index in [2.05, 4.69) is 5.10 Å². The summed E-state index contributed by atoms with van der Waals surface area (Å²) >= 11 is 0. The van der Waals surface area contributed by atoms with Crippen LogP contribution in [0.3, 0.4) is 0 Å². The monoisotopic (exact) mass is 155 g/mol. The van der Waals surface area contributed by atoms with Crippen LogP contribution in [0.1, 0.15) is 12.5 Å². The first kappa shape index (κ1) is 7.59. The highest BCUT2D eigenvalue weighted by Crippen LogP contribution is 1.83. The average molecular weight is 155 g/mol. The summed E-state index contributed by atoms with van der Waals surface area (Å²) in [5.41, 5.74) is 0.0211. The van der Waals surface area contributed by atoms with Crippen molar-refractivity contribution in [3.05, 3.63) is 27.5 Å². The highest BCUT2D eigenvalue weighted by atomic mass is 16.5. The van der Waals surface area contributed by atoms with Crippen LogP contribution in [0.5, 0.6) is 0 Å². The fraction of sp³-hybridized carbons (Fsp3) is 0.333. The Labute approximate surface area is 62.4 Å². The fourth-order valence-electron chi connectivity index (χ4n) is 0.783. The zero-order chi connectivity index (χ0) is 8.43. The van der Waals surface area contributed by atoms with Gasteiger partial charge in [-0.3, -0.25) is 10.2 Å². The number of nitrogens with one attached hydrogen (secondary N) is 2. The Hall–Kier alpha value is -1.52. The van der Waals surface area contributed by atoms with Gasteiger partial charge in [-0.15, -0.1) is 4.85 Å². The predicted octanol–water partition coefficient (Wildman–Crippen LogP) is -0.544. The van der Waals surface area contributed by atoms with E-state index < -0.39 is 0 Å². The molecule has 0 spiro atoms. The van der Waals surface area contributed by atoms with Gasteiger partial charge in [-0.2, -0.15) is 0 Å². The molecule has 1 heterocycles. The van der Waals surface area contributed by atoms with Crippen LogP contribution in [-0.4, -0.2) is 15.2 Å². The van der Waals surface area contributed by atoms with Gasteiger partial charge in [0.1, 0.15) is 0 Å². The standard InChI is InChI=1S/C6H9N3O2/c1-2-4-3-5(7)9(11)8-6(4)10/h3,7,11H,2H2,1H3,(H,8,10). The summed E-state index contributed by atoms with van der Waals surface area (Å²) in [4.78, 5) is 11.3. The van der Waals surface area contributed by atoms with Crippen molar-refractivity contribution in [2.45, 2.75) is 13.3 Å². The summed E-state index contributed by atoms with van der Waals surface area (Å²) in [5.74, 6) is 0. The minimum atomic E-state index is -0.356. The molecule has 5 nitrogen and oxygen atoms in total. The minimum Gasteiger partial charge on any atom is -0.411 e. The summed E-state index contributed by atoms with van der Waals surface area (Å²) < 4.78 is 0. The van der Waals surface area contributed by atoms with E-state index in [4.69, 9.17) is 10.6 Å². The molecule has 0 radical (unpaired) electrons. The van der Waals surface area contributed by atoms with Crippen molar-refractivity contribution in [3.63, 3.8) is 0 Å². The van der Waals surface area contributed by atoms with Crippen LogP contribution in [0.15, 0.2) is 10.9 Å². The summed E-state index contributed by atoms with van der Waals surface area (Å²) in [6.45, 7) is 1.81. The van der Waals surface area contributed by atoms with Crippen molar-refractivity contribution in [1.82, 2.24) is 9.94 Å². The largest absolute Gasteiger partial charge is 0.411 e. The third kappa shape index (κ3) is 1.31. The summed E-state index contributed by atoms with van der Waals surface area (Å²) in [6.07, 6.45) is 0.558. The van der Waals surface area contributed by atoms with Gasteiger partial charge in [0.05, 0.1) is 0 Å². The molecular weight excluding hydrogens is 146 g/mol. The fourth-order valence-corrected chi connectivity index (χ4v) is 0.783. The van der Waals surface area contributed by atoms with Crippen molar-refractivity contribution in [2.24, 2.45) is 0 Å². The molecule has 1 aromatic heterocycles. The number of aromatic nitrogens is 2. The maximum absolute atomic E-state index is 10.9. The molecule has 0 aliphatic heterocycles. The van der Waals surface area contributed by atoms with Crippen molar-refractivity contribution < 1.29 is 5.21 Å². The normalized spacial score (nSPS) is 9.91.